The molecule has 0 aliphatic carbocycles. The lowest BCUT2D eigenvalue weighted by atomic mass is 10.2. The second-order valence-corrected chi connectivity index (χ2v) is 6.72. The number of sulfonamides is 1. The Balaban J connectivity index is 2.46. The van der Waals surface area contributed by atoms with E-state index in [0.717, 1.165) is 12.0 Å². The molecule has 2 rings (SSSR count). The molecule has 0 radical (unpaired) electrons. The van der Waals surface area contributed by atoms with Crippen LogP contribution in [0.3, 0.4) is 0 Å². The number of hydrogen-bond acceptors (Lipinski definition) is 3. The Morgan fingerprint density at radius 3 is 2.75 bits per heavy atom. The molecule has 0 spiro atoms. The third-order valence-corrected chi connectivity index (χ3v) is 5.33. The summed E-state index contributed by atoms with van der Waals surface area (Å²) in [5.41, 5.74) is 0.909. The van der Waals surface area contributed by atoms with Crippen molar-refractivity contribution in [3.8, 4) is 5.75 Å². The van der Waals surface area contributed by atoms with E-state index < -0.39 is 10.0 Å². The van der Waals surface area contributed by atoms with E-state index in [1.807, 2.05) is 39.0 Å². The molecule has 0 fully saturated rings. The lowest BCUT2D eigenvalue weighted by molar-refractivity contribution is 0.328. The topological polar surface area (TPSA) is 46.6 Å². The molecule has 1 aromatic carbocycles. The highest BCUT2D eigenvalue weighted by Gasteiger charge is 2.33. The highest BCUT2D eigenvalue weighted by Crippen LogP contribution is 2.31. The molecule has 0 bridgehead atoms. The summed E-state index contributed by atoms with van der Waals surface area (Å²) in [6.07, 6.45) is 4.63. The Morgan fingerprint density at radius 2 is 2.10 bits per heavy atom. The maximum absolute atomic E-state index is 12.9. The first kappa shape index (κ1) is 15.1. The van der Waals surface area contributed by atoms with Gasteiger partial charge in [-0.2, -0.15) is 4.31 Å². The van der Waals surface area contributed by atoms with Crippen LogP contribution in [-0.4, -0.2) is 31.9 Å². The molecule has 1 heterocycles. The van der Waals surface area contributed by atoms with Gasteiger partial charge in [0.2, 0.25) is 10.0 Å². The van der Waals surface area contributed by atoms with Crippen molar-refractivity contribution in [2.24, 2.45) is 0 Å². The smallest absolute Gasteiger partial charge is 0.247 e. The molecule has 0 aromatic heterocycles. The van der Waals surface area contributed by atoms with Crippen molar-refractivity contribution >= 4 is 10.0 Å². The van der Waals surface area contributed by atoms with Gasteiger partial charge in [-0.1, -0.05) is 25.1 Å². The van der Waals surface area contributed by atoms with E-state index in [2.05, 4.69) is 0 Å². The van der Waals surface area contributed by atoms with E-state index >= 15 is 0 Å². The normalized spacial score (nSPS) is 19.4. The molecule has 1 unspecified atom stereocenters. The van der Waals surface area contributed by atoms with Crippen LogP contribution in [0.1, 0.15) is 25.8 Å². The second kappa shape index (κ2) is 5.97. The number of aryl methyl sites for hydroxylation is 1. The molecule has 110 valence electrons. The molecule has 1 aromatic rings. The van der Waals surface area contributed by atoms with E-state index in [1.54, 1.807) is 12.1 Å². The Morgan fingerprint density at radius 1 is 1.35 bits per heavy atom. The van der Waals surface area contributed by atoms with Gasteiger partial charge in [0.1, 0.15) is 10.6 Å². The summed E-state index contributed by atoms with van der Waals surface area (Å²) in [6.45, 7) is 6.60. The van der Waals surface area contributed by atoms with Crippen molar-refractivity contribution in [3.63, 3.8) is 0 Å². The van der Waals surface area contributed by atoms with E-state index in [9.17, 15) is 8.42 Å². The molecule has 4 nitrogen and oxygen atoms in total. The summed E-state index contributed by atoms with van der Waals surface area (Å²) in [6, 6.07) is 5.22. The highest BCUT2D eigenvalue weighted by molar-refractivity contribution is 7.89. The molecule has 20 heavy (non-hydrogen) atoms. The summed E-state index contributed by atoms with van der Waals surface area (Å²) in [5.74, 6) is 0.430. The summed E-state index contributed by atoms with van der Waals surface area (Å²) in [7, 11) is -3.53. The summed E-state index contributed by atoms with van der Waals surface area (Å²) in [4.78, 5) is 0.265. The van der Waals surface area contributed by atoms with Crippen LogP contribution in [0.5, 0.6) is 5.75 Å². The molecule has 0 N–H and O–H groups in total. The third kappa shape index (κ3) is 2.74. The molecular weight excluding hydrogens is 274 g/mol. The number of nitrogens with zero attached hydrogens (tertiary/aromatic N) is 1. The van der Waals surface area contributed by atoms with Crippen LogP contribution in [0.15, 0.2) is 35.2 Å². The second-order valence-electron chi connectivity index (χ2n) is 4.86. The Labute approximate surface area is 121 Å². The maximum Gasteiger partial charge on any atom is 0.247 e. The van der Waals surface area contributed by atoms with Gasteiger partial charge in [-0.25, -0.2) is 8.42 Å². The quantitative estimate of drug-likeness (QED) is 0.785. The number of hydrogen-bond donors (Lipinski definition) is 0. The number of rotatable bonds is 5. The van der Waals surface area contributed by atoms with Crippen LogP contribution in [0.2, 0.25) is 0 Å². The predicted octanol–water partition coefficient (Wildman–Crippen LogP) is 2.73. The van der Waals surface area contributed by atoms with Crippen molar-refractivity contribution in [3.05, 3.63) is 35.9 Å². The highest BCUT2D eigenvalue weighted by atomic mass is 32.2. The van der Waals surface area contributed by atoms with Gasteiger partial charge < -0.3 is 4.74 Å². The molecule has 0 amide bonds. The first-order valence-corrected chi connectivity index (χ1v) is 8.36. The Kier molecular flexibility index (Phi) is 4.50. The van der Waals surface area contributed by atoms with E-state index in [0.29, 0.717) is 18.9 Å². The van der Waals surface area contributed by atoms with E-state index in [-0.39, 0.29) is 10.9 Å². The van der Waals surface area contributed by atoms with Gasteiger partial charge in [-0.3, -0.25) is 0 Å². The largest absolute Gasteiger partial charge is 0.492 e. The molecule has 1 atom stereocenters. The van der Waals surface area contributed by atoms with Crippen LogP contribution in [0.4, 0.5) is 0 Å². The fourth-order valence-electron chi connectivity index (χ4n) is 2.39. The summed E-state index contributed by atoms with van der Waals surface area (Å²) in [5, 5.41) is 0. The van der Waals surface area contributed by atoms with Crippen molar-refractivity contribution in [1.29, 1.82) is 0 Å². The minimum absolute atomic E-state index is 0.0602. The first-order valence-electron chi connectivity index (χ1n) is 6.92. The van der Waals surface area contributed by atoms with Crippen LogP contribution in [-0.2, 0) is 10.0 Å². The van der Waals surface area contributed by atoms with Crippen LogP contribution in [0.25, 0.3) is 0 Å². The van der Waals surface area contributed by atoms with E-state index in [1.165, 1.54) is 4.31 Å². The molecular formula is C15H21NO3S. The SMILES string of the molecule is CCOc1ccc(C)cc1S(=O)(=O)N1CC=CC1CC. The monoisotopic (exact) mass is 295 g/mol. The Hall–Kier alpha value is -1.33. The number of ether oxygens (including phenoxy) is 1. The van der Waals surface area contributed by atoms with Crippen molar-refractivity contribution in [2.75, 3.05) is 13.2 Å². The maximum atomic E-state index is 12.9. The van der Waals surface area contributed by atoms with Gasteiger partial charge in [-0.05, 0) is 38.0 Å². The zero-order chi connectivity index (χ0) is 14.8. The molecule has 1 aliphatic rings. The van der Waals surface area contributed by atoms with Crippen LogP contribution >= 0.6 is 0 Å². The van der Waals surface area contributed by atoms with Gasteiger partial charge in [0, 0.05) is 12.6 Å². The molecule has 0 saturated carbocycles. The zero-order valence-electron chi connectivity index (χ0n) is 12.2. The molecule has 1 aliphatic heterocycles. The van der Waals surface area contributed by atoms with Gasteiger partial charge in [0.25, 0.3) is 0 Å². The lowest BCUT2D eigenvalue weighted by Crippen LogP contribution is -2.35. The lowest BCUT2D eigenvalue weighted by Gasteiger charge is -2.24. The number of benzene rings is 1. The van der Waals surface area contributed by atoms with Crippen molar-refractivity contribution in [1.82, 2.24) is 4.31 Å². The first-order chi connectivity index (χ1) is 9.50. The van der Waals surface area contributed by atoms with Crippen molar-refractivity contribution < 1.29 is 13.2 Å². The average molecular weight is 295 g/mol. The van der Waals surface area contributed by atoms with Gasteiger partial charge in [0.15, 0.2) is 0 Å². The van der Waals surface area contributed by atoms with Gasteiger partial charge >= 0.3 is 0 Å². The summed E-state index contributed by atoms with van der Waals surface area (Å²) < 4.78 is 32.7. The van der Waals surface area contributed by atoms with Crippen molar-refractivity contribution in [2.45, 2.75) is 38.1 Å². The van der Waals surface area contributed by atoms with Crippen LogP contribution < -0.4 is 4.74 Å². The predicted molar refractivity (Wildman–Crippen MR) is 79.5 cm³/mol. The minimum atomic E-state index is -3.53. The standard InChI is InChI=1S/C15H21NO3S/c1-4-13-7-6-10-16(13)20(17,18)15-11-12(3)8-9-14(15)19-5-2/h6-9,11,13H,4-5,10H2,1-3H3. The third-order valence-electron chi connectivity index (χ3n) is 3.42. The van der Waals surface area contributed by atoms with Gasteiger partial charge in [0.05, 0.1) is 6.61 Å². The van der Waals surface area contributed by atoms with Crippen LogP contribution in [0, 0.1) is 6.92 Å². The summed E-state index contributed by atoms with van der Waals surface area (Å²) >= 11 is 0. The molecule has 5 heteroatoms. The fourth-order valence-corrected chi connectivity index (χ4v) is 4.21. The zero-order valence-corrected chi connectivity index (χ0v) is 13.0. The van der Waals surface area contributed by atoms with E-state index in [4.69, 9.17) is 4.74 Å². The van der Waals surface area contributed by atoms with Gasteiger partial charge in [-0.15, -0.1) is 0 Å². The average Bonchev–Trinajstić information content (AvgIpc) is 2.90. The minimum Gasteiger partial charge on any atom is -0.492 e. The fraction of sp³-hybridized carbons (Fsp3) is 0.467. The Bertz CT molecular complexity index is 608. The molecule has 0 saturated heterocycles.